The molecule has 0 saturated heterocycles. The molecule has 0 bridgehead atoms. The van der Waals surface area contributed by atoms with E-state index < -0.39 is 0 Å². The molecule has 0 N–H and O–H groups in total. The maximum atomic E-state index is 6.89. The molecule has 250 valence electrons. The van der Waals surface area contributed by atoms with Crippen molar-refractivity contribution >= 4 is 43.7 Å². The van der Waals surface area contributed by atoms with E-state index in [1.54, 1.807) is 0 Å². The van der Waals surface area contributed by atoms with Crippen LogP contribution in [-0.2, 0) is 5.41 Å². The molecule has 3 heterocycles. The monoisotopic (exact) mass is 680 g/mol. The second-order valence-corrected chi connectivity index (χ2v) is 14.4. The van der Waals surface area contributed by atoms with Gasteiger partial charge in [-0.2, -0.15) is 0 Å². The van der Waals surface area contributed by atoms with E-state index in [1.165, 1.54) is 38.5 Å². The summed E-state index contributed by atoms with van der Waals surface area (Å²) >= 11 is 0. The molecular weight excluding hydrogens is 649 g/mol. The first kappa shape index (κ1) is 29.8. The maximum Gasteiger partial charge on any atom is 0.164 e. The van der Waals surface area contributed by atoms with E-state index in [1.807, 2.05) is 60.7 Å². The summed E-state index contributed by atoms with van der Waals surface area (Å²) in [5.41, 5.74) is 13.0. The summed E-state index contributed by atoms with van der Waals surface area (Å²) in [6, 6.07) is 55.1. The van der Waals surface area contributed by atoms with Gasteiger partial charge in [0, 0.05) is 49.3 Å². The number of hydrogen-bond acceptors (Lipinski definition) is 4. The van der Waals surface area contributed by atoms with Gasteiger partial charge in [-0.25, -0.2) is 15.0 Å². The lowest BCUT2D eigenvalue weighted by Gasteiger charge is -2.23. The Bertz CT molecular complexity index is 3010. The highest BCUT2D eigenvalue weighted by molar-refractivity contribution is 6.23. The van der Waals surface area contributed by atoms with E-state index in [4.69, 9.17) is 19.4 Å². The van der Waals surface area contributed by atoms with Gasteiger partial charge in [-0.15, -0.1) is 0 Å². The fourth-order valence-corrected chi connectivity index (χ4v) is 8.58. The van der Waals surface area contributed by atoms with E-state index >= 15 is 0 Å². The molecule has 3 aromatic heterocycles. The third kappa shape index (κ3) is 4.34. The largest absolute Gasteiger partial charge is 0.454 e. The number of aromatic nitrogens is 4. The van der Waals surface area contributed by atoms with Crippen LogP contribution in [0, 0.1) is 0 Å². The first-order valence-corrected chi connectivity index (χ1v) is 18.0. The lowest BCUT2D eigenvalue weighted by atomic mass is 9.81. The standard InChI is InChI=1S/C48H32N4O/c1-48(2)39-21-13-12-20-33(39)34-23-24-35-36-25-26-37-38-28-31(47-50-45(29-14-6-3-7-15-29)49-46(51-47)30-16-8-4-9-17-30)22-27-40(38)53-44(37)43(36)52(42(35)41(34)48)32-18-10-5-11-19-32/h3-28H,1-2H3. The first-order valence-electron chi connectivity index (χ1n) is 18.0. The molecule has 5 nitrogen and oxygen atoms in total. The second kappa shape index (κ2) is 11.1. The fraction of sp³-hybridized carbons (Fsp3) is 0.0625. The van der Waals surface area contributed by atoms with Crippen LogP contribution in [0.5, 0.6) is 0 Å². The Balaban J connectivity index is 1.18. The summed E-state index contributed by atoms with van der Waals surface area (Å²) in [5.74, 6) is 1.89. The Labute approximate surface area is 305 Å². The van der Waals surface area contributed by atoms with Crippen LogP contribution < -0.4 is 0 Å². The van der Waals surface area contributed by atoms with E-state index in [0.717, 1.165) is 49.8 Å². The molecule has 0 aliphatic heterocycles. The zero-order valence-corrected chi connectivity index (χ0v) is 29.2. The van der Waals surface area contributed by atoms with Gasteiger partial charge >= 0.3 is 0 Å². The molecule has 0 saturated carbocycles. The van der Waals surface area contributed by atoms with Crippen molar-refractivity contribution in [2.24, 2.45) is 0 Å². The van der Waals surface area contributed by atoms with Crippen LogP contribution in [-0.4, -0.2) is 19.5 Å². The van der Waals surface area contributed by atoms with Crippen LogP contribution in [0.2, 0.25) is 0 Å². The molecule has 0 atom stereocenters. The summed E-state index contributed by atoms with van der Waals surface area (Å²) in [4.78, 5) is 14.9. The van der Waals surface area contributed by atoms with Gasteiger partial charge in [-0.05, 0) is 58.7 Å². The number of hydrogen-bond donors (Lipinski definition) is 0. The van der Waals surface area contributed by atoms with Crippen molar-refractivity contribution in [1.82, 2.24) is 19.5 Å². The molecule has 0 spiro atoms. The lowest BCUT2D eigenvalue weighted by Crippen LogP contribution is -2.16. The predicted molar refractivity (Wildman–Crippen MR) is 215 cm³/mol. The third-order valence-corrected chi connectivity index (χ3v) is 11.0. The van der Waals surface area contributed by atoms with Crippen LogP contribution in [0.4, 0.5) is 0 Å². The Morgan fingerprint density at radius 3 is 1.74 bits per heavy atom. The molecule has 11 rings (SSSR count). The molecule has 0 unspecified atom stereocenters. The average Bonchev–Trinajstić information content (AvgIpc) is 3.84. The number of furan rings is 1. The summed E-state index contributed by atoms with van der Waals surface area (Å²) in [6.45, 7) is 4.71. The molecule has 10 aromatic rings. The van der Waals surface area contributed by atoms with Crippen LogP contribution in [0.1, 0.15) is 25.0 Å². The highest BCUT2D eigenvalue weighted by Gasteiger charge is 2.38. The third-order valence-electron chi connectivity index (χ3n) is 11.0. The number of rotatable bonds is 4. The van der Waals surface area contributed by atoms with Gasteiger partial charge in [0.25, 0.3) is 0 Å². The minimum atomic E-state index is -0.185. The van der Waals surface area contributed by atoms with Gasteiger partial charge in [-0.1, -0.05) is 135 Å². The molecule has 1 aliphatic carbocycles. The number of benzene rings is 7. The quantitative estimate of drug-likeness (QED) is 0.186. The molecule has 5 heteroatoms. The van der Waals surface area contributed by atoms with Crippen LogP contribution in [0.25, 0.3) is 94.7 Å². The number of fused-ring (bicyclic) bond motifs is 11. The predicted octanol–water partition coefficient (Wildman–Crippen LogP) is 12.2. The minimum Gasteiger partial charge on any atom is -0.454 e. The Morgan fingerprint density at radius 2 is 1.04 bits per heavy atom. The van der Waals surface area contributed by atoms with Crippen molar-refractivity contribution < 1.29 is 4.42 Å². The number of para-hydroxylation sites is 1. The van der Waals surface area contributed by atoms with E-state index in [9.17, 15) is 0 Å². The lowest BCUT2D eigenvalue weighted by molar-refractivity contribution is 0.663. The number of nitrogens with zero attached hydrogens (tertiary/aromatic N) is 4. The normalized spacial score (nSPS) is 13.2. The molecule has 0 amide bonds. The second-order valence-electron chi connectivity index (χ2n) is 14.4. The van der Waals surface area contributed by atoms with Crippen molar-refractivity contribution in [2.75, 3.05) is 0 Å². The van der Waals surface area contributed by atoms with Crippen molar-refractivity contribution in [2.45, 2.75) is 19.3 Å². The Morgan fingerprint density at radius 1 is 0.472 bits per heavy atom. The summed E-state index contributed by atoms with van der Waals surface area (Å²) < 4.78 is 9.33. The fourth-order valence-electron chi connectivity index (χ4n) is 8.58. The van der Waals surface area contributed by atoms with Gasteiger partial charge < -0.3 is 8.98 Å². The van der Waals surface area contributed by atoms with Crippen LogP contribution in [0.3, 0.4) is 0 Å². The highest BCUT2D eigenvalue weighted by Crippen LogP contribution is 2.53. The van der Waals surface area contributed by atoms with Crippen molar-refractivity contribution in [3.63, 3.8) is 0 Å². The van der Waals surface area contributed by atoms with E-state index in [2.05, 4.69) is 115 Å². The summed E-state index contributed by atoms with van der Waals surface area (Å²) in [5, 5.41) is 4.46. The highest BCUT2D eigenvalue weighted by atomic mass is 16.3. The van der Waals surface area contributed by atoms with Gasteiger partial charge in [0.05, 0.1) is 11.0 Å². The van der Waals surface area contributed by atoms with Crippen molar-refractivity contribution in [3.05, 3.63) is 169 Å². The zero-order valence-electron chi connectivity index (χ0n) is 29.2. The first-order chi connectivity index (χ1) is 26.0. The van der Waals surface area contributed by atoms with Crippen molar-refractivity contribution in [3.8, 4) is 51.0 Å². The topological polar surface area (TPSA) is 56.7 Å². The SMILES string of the molecule is CC1(C)c2ccccc2-c2ccc3c4ccc5c6cc(-c7nc(-c8ccccc8)nc(-c8ccccc8)n7)ccc6oc5c4n(-c4ccccc4)c3c21. The smallest absolute Gasteiger partial charge is 0.164 e. The molecule has 53 heavy (non-hydrogen) atoms. The Kier molecular flexibility index (Phi) is 6.23. The maximum absolute atomic E-state index is 6.89. The average molecular weight is 681 g/mol. The van der Waals surface area contributed by atoms with Gasteiger partial charge in [0.15, 0.2) is 23.1 Å². The Hall–Kier alpha value is -6.85. The minimum absolute atomic E-state index is 0.185. The van der Waals surface area contributed by atoms with Gasteiger partial charge in [0.2, 0.25) is 0 Å². The molecule has 0 radical (unpaired) electrons. The van der Waals surface area contributed by atoms with E-state index in [0.29, 0.717) is 17.5 Å². The van der Waals surface area contributed by atoms with Crippen molar-refractivity contribution in [1.29, 1.82) is 0 Å². The summed E-state index contributed by atoms with van der Waals surface area (Å²) in [6.07, 6.45) is 0. The zero-order chi connectivity index (χ0) is 35.3. The molecule has 1 aliphatic rings. The summed E-state index contributed by atoms with van der Waals surface area (Å²) in [7, 11) is 0. The molecular formula is C48H32N4O. The van der Waals surface area contributed by atoms with Gasteiger partial charge in [0.1, 0.15) is 5.58 Å². The van der Waals surface area contributed by atoms with E-state index in [-0.39, 0.29) is 5.41 Å². The van der Waals surface area contributed by atoms with Crippen LogP contribution >= 0.6 is 0 Å². The van der Waals surface area contributed by atoms with Gasteiger partial charge in [-0.3, -0.25) is 0 Å². The molecule has 0 fully saturated rings. The molecule has 7 aromatic carbocycles. The van der Waals surface area contributed by atoms with Crippen LogP contribution in [0.15, 0.2) is 162 Å².